The zero-order chi connectivity index (χ0) is 42.8. The largest absolute Gasteiger partial charge is 0.310 e. The Labute approximate surface area is 376 Å². The third kappa shape index (κ3) is 5.65. The Bertz CT molecular complexity index is 3320. The number of benzene rings is 10. The summed E-state index contributed by atoms with van der Waals surface area (Å²) < 4.78 is 0. The molecule has 0 unspecified atom stereocenters. The summed E-state index contributed by atoms with van der Waals surface area (Å²) in [7, 11) is 0. The molecule has 0 bridgehead atoms. The maximum absolute atomic E-state index is 2.56. The average molecular weight is 819 g/mol. The van der Waals surface area contributed by atoms with Gasteiger partial charge in [0, 0.05) is 33.4 Å². The van der Waals surface area contributed by atoms with Crippen molar-refractivity contribution < 1.29 is 0 Å². The molecule has 1 heterocycles. The Hall–Kier alpha value is -7.94. The lowest BCUT2D eigenvalue weighted by molar-refractivity contribution is 0.632. The van der Waals surface area contributed by atoms with Crippen LogP contribution in [0, 0.1) is 0 Å². The second-order valence-electron chi connectivity index (χ2n) is 17.7. The summed E-state index contributed by atoms with van der Waals surface area (Å²) in [6.07, 6.45) is 0. The molecular weight excluding hydrogens is 773 g/mol. The van der Waals surface area contributed by atoms with E-state index in [2.05, 4.69) is 266 Å². The van der Waals surface area contributed by atoms with Gasteiger partial charge >= 0.3 is 0 Å². The number of hydrogen-bond donors (Lipinski definition) is 0. The summed E-state index contributed by atoms with van der Waals surface area (Å²) in [5.41, 5.74) is 18.7. The molecule has 2 nitrogen and oxygen atoms in total. The highest BCUT2D eigenvalue weighted by molar-refractivity contribution is 6.08. The normalized spacial score (nSPS) is 14.0. The van der Waals surface area contributed by atoms with E-state index in [1.807, 2.05) is 0 Å². The zero-order valence-electron chi connectivity index (χ0n) is 36.0. The quantitative estimate of drug-likeness (QED) is 0.158. The van der Waals surface area contributed by atoms with Crippen LogP contribution in [0.5, 0.6) is 0 Å². The first-order valence-corrected chi connectivity index (χ1v) is 22.4. The molecule has 0 N–H and O–H groups in total. The van der Waals surface area contributed by atoms with Gasteiger partial charge in [0.15, 0.2) is 0 Å². The van der Waals surface area contributed by atoms with Gasteiger partial charge in [-0.05, 0) is 97.9 Å². The lowest BCUT2D eigenvalue weighted by Crippen LogP contribution is -2.31. The van der Waals surface area contributed by atoms with E-state index in [4.69, 9.17) is 0 Å². The van der Waals surface area contributed by atoms with Crippen LogP contribution in [-0.4, -0.2) is 0 Å². The highest BCUT2D eigenvalue weighted by atomic mass is 15.2. The van der Waals surface area contributed by atoms with Crippen molar-refractivity contribution in [2.24, 2.45) is 0 Å². The number of para-hydroxylation sites is 2. The summed E-state index contributed by atoms with van der Waals surface area (Å²) in [4.78, 5) is 5.01. The van der Waals surface area contributed by atoms with Crippen molar-refractivity contribution in [3.8, 4) is 22.3 Å². The fourth-order valence-electron chi connectivity index (χ4n) is 11.0. The zero-order valence-corrected chi connectivity index (χ0v) is 36.0. The Morgan fingerprint density at radius 2 is 0.891 bits per heavy atom. The van der Waals surface area contributed by atoms with Gasteiger partial charge in [-0.1, -0.05) is 214 Å². The maximum Gasteiger partial charge on any atom is 0.0714 e. The van der Waals surface area contributed by atoms with Crippen molar-refractivity contribution in [1.29, 1.82) is 0 Å². The highest BCUT2D eigenvalue weighted by Crippen LogP contribution is 2.59. The second kappa shape index (κ2) is 14.9. The van der Waals surface area contributed by atoms with Crippen LogP contribution in [0.1, 0.15) is 47.2 Å². The van der Waals surface area contributed by atoms with Gasteiger partial charge in [0.05, 0.1) is 22.5 Å². The summed E-state index contributed by atoms with van der Waals surface area (Å²) in [5.74, 6) is 0. The van der Waals surface area contributed by atoms with Gasteiger partial charge in [-0.2, -0.15) is 0 Å². The topological polar surface area (TPSA) is 6.48 Å². The number of hydrogen-bond acceptors (Lipinski definition) is 2. The van der Waals surface area contributed by atoms with Crippen LogP contribution in [0.25, 0.3) is 33.0 Å². The third-order valence-corrected chi connectivity index (χ3v) is 13.9. The van der Waals surface area contributed by atoms with Crippen molar-refractivity contribution in [3.05, 3.63) is 276 Å². The molecule has 0 saturated carbocycles. The first-order valence-electron chi connectivity index (χ1n) is 22.4. The minimum absolute atomic E-state index is 0.264. The Kier molecular flexibility index (Phi) is 8.77. The molecule has 10 aromatic carbocycles. The monoisotopic (exact) mass is 818 g/mol. The van der Waals surface area contributed by atoms with Gasteiger partial charge in [0.1, 0.15) is 0 Å². The predicted molar refractivity (Wildman–Crippen MR) is 268 cm³/mol. The maximum atomic E-state index is 2.56. The molecule has 0 amide bonds. The van der Waals surface area contributed by atoms with Crippen LogP contribution < -0.4 is 9.80 Å². The van der Waals surface area contributed by atoms with E-state index < -0.39 is 5.41 Å². The van der Waals surface area contributed by atoms with Crippen molar-refractivity contribution >= 4 is 44.9 Å². The van der Waals surface area contributed by atoms with Gasteiger partial charge in [0.25, 0.3) is 0 Å². The third-order valence-electron chi connectivity index (χ3n) is 13.9. The summed E-state index contributed by atoms with van der Waals surface area (Å²) in [6, 6.07) is 89.6. The fraction of sp³-hybridized carbons (Fsp3) is 0.0645. The molecule has 64 heavy (non-hydrogen) atoms. The van der Waals surface area contributed by atoms with Gasteiger partial charge in [-0.3, -0.25) is 0 Å². The molecule has 12 rings (SSSR count). The fourth-order valence-corrected chi connectivity index (χ4v) is 11.0. The number of anilines is 6. The van der Waals surface area contributed by atoms with Crippen LogP contribution >= 0.6 is 0 Å². The van der Waals surface area contributed by atoms with Gasteiger partial charge in [0.2, 0.25) is 0 Å². The number of rotatable bonds is 7. The Morgan fingerprint density at radius 1 is 0.359 bits per heavy atom. The summed E-state index contributed by atoms with van der Waals surface area (Å²) in [5, 5.41) is 2.42. The summed E-state index contributed by atoms with van der Waals surface area (Å²) in [6.45, 7) is 4.76. The van der Waals surface area contributed by atoms with Crippen molar-refractivity contribution in [2.75, 3.05) is 9.80 Å². The molecule has 2 heteroatoms. The lowest BCUT2D eigenvalue weighted by Gasteiger charge is -2.43. The van der Waals surface area contributed by atoms with Crippen LogP contribution in [0.4, 0.5) is 34.1 Å². The smallest absolute Gasteiger partial charge is 0.0714 e. The van der Waals surface area contributed by atoms with Crippen molar-refractivity contribution in [3.63, 3.8) is 0 Å². The van der Waals surface area contributed by atoms with E-state index in [0.717, 1.165) is 17.1 Å². The van der Waals surface area contributed by atoms with Crippen LogP contribution in [0.15, 0.2) is 243 Å². The second-order valence-corrected chi connectivity index (χ2v) is 17.7. The molecule has 2 aliphatic rings. The molecule has 10 aromatic rings. The molecule has 304 valence electrons. The standard InChI is InChI=1S/C62H46N2/c1-61(2)55-33-19-20-34-58(55)64(60-50-30-16-15-23-44(50)35-38-51(60)43-21-7-3-8-22-43)59-42-49(37-40-56(59)61)63(47-28-13-6-14-29-47)48-36-39-53-52-31-17-18-32-54(52)62(57(53)41-48,45-24-9-4-10-25-45)46-26-11-5-12-27-46/h3-42H,1-2H3. The molecule has 0 saturated heterocycles. The molecule has 0 spiro atoms. The average Bonchev–Trinajstić information content (AvgIpc) is 3.65. The SMILES string of the molecule is CC1(C)c2ccccc2N(c2c(-c3ccccc3)ccc3ccccc23)c2cc(N(c3ccccc3)c3ccc4c(c3)C(c3ccccc3)(c3ccccc3)c3ccccc3-4)ccc21. The molecule has 0 aromatic heterocycles. The molecular formula is C62H46N2. The predicted octanol–water partition coefficient (Wildman–Crippen LogP) is 16.4. The minimum Gasteiger partial charge on any atom is -0.310 e. The van der Waals surface area contributed by atoms with Crippen molar-refractivity contribution in [1.82, 2.24) is 0 Å². The van der Waals surface area contributed by atoms with E-state index in [1.165, 1.54) is 83.5 Å². The molecule has 0 atom stereocenters. The Balaban J connectivity index is 1.13. The molecule has 0 fully saturated rings. The Morgan fingerprint density at radius 3 is 1.62 bits per heavy atom. The van der Waals surface area contributed by atoms with E-state index in [9.17, 15) is 0 Å². The van der Waals surface area contributed by atoms with E-state index >= 15 is 0 Å². The molecule has 0 radical (unpaired) electrons. The van der Waals surface area contributed by atoms with Gasteiger partial charge in [-0.25, -0.2) is 0 Å². The van der Waals surface area contributed by atoms with Crippen LogP contribution in [0.3, 0.4) is 0 Å². The van der Waals surface area contributed by atoms with Crippen molar-refractivity contribution in [2.45, 2.75) is 24.7 Å². The number of fused-ring (bicyclic) bond motifs is 6. The van der Waals surface area contributed by atoms with Gasteiger partial charge < -0.3 is 9.80 Å². The van der Waals surface area contributed by atoms with Crippen LogP contribution in [-0.2, 0) is 10.8 Å². The lowest BCUT2D eigenvalue weighted by atomic mass is 9.67. The molecule has 1 aliphatic carbocycles. The van der Waals surface area contributed by atoms with E-state index in [0.29, 0.717) is 0 Å². The van der Waals surface area contributed by atoms with Gasteiger partial charge in [-0.15, -0.1) is 0 Å². The first kappa shape index (κ1) is 37.8. The first-order chi connectivity index (χ1) is 31.5. The highest BCUT2D eigenvalue weighted by Gasteiger charge is 2.46. The summed E-state index contributed by atoms with van der Waals surface area (Å²) >= 11 is 0. The minimum atomic E-state index is -0.518. The van der Waals surface area contributed by atoms with E-state index in [-0.39, 0.29) is 5.41 Å². The van der Waals surface area contributed by atoms with E-state index in [1.54, 1.807) is 0 Å². The molecule has 1 aliphatic heterocycles. The van der Waals surface area contributed by atoms with Crippen LogP contribution in [0.2, 0.25) is 0 Å². The number of nitrogens with zero attached hydrogens (tertiary/aromatic N) is 2.